The summed E-state index contributed by atoms with van der Waals surface area (Å²) < 4.78 is 14.6. The molecule has 0 aliphatic rings. The fourth-order valence-corrected chi connectivity index (χ4v) is 1.42. The van der Waals surface area contributed by atoms with Gasteiger partial charge in [-0.2, -0.15) is 0 Å². The lowest BCUT2D eigenvalue weighted by molar-refractivity contribution is 0.0584. The smallest absolute Gasteiger partial charge is 0.356 e. The molecule has 0 spiro atoms. The monoisotopic (exact) mass is 279 g/mol. The highest BCUT2D eigenvalue weighted by molar-refractivity contribution is 5.92. The molecule has 0 unspecified atom stereocenters. The van der Waals surface area contributed by atoms with E-state index >= 15 is 0 Å². The van der Waals surface area contributed by atoms with Crippen LogP contribution in [0.4, 0.5) is 0 Å². The van der Waals surface area contributed by atoms with Gasteiger partial charge in [0.25, 0.3) is 0 Å². The molecule has 1 heterocycles. The van der Waals surface area contributed by atoms with Crippen molar-refractivity contribution in [2.75, 3.05) is 20.8 Å². The molecule has 0 atom stereocenters. The van der Waals surface area contributed by atoms with Gasteiger partial charge in [0.2, 0.25) is 0 Å². The second-order valence-electron chi connectivity index (χ2n) is 3.84. The molecule has 6 heteroatoms. The van der Waals surface area contributed by atoms with E-state index in [0.29, 0.717) is 12.4 Å². The summed E-state index contributed by atoms with van der Waals surface area (Å²) in [5.74, 6) is -0.928. The molecule has 1 aromatic heterocycles. The van der Waals surface area contributed by atoms with E-state index in [9.17, 15) is 9.59 Å². The summed E-state index contributed by atoms with van der Waals surface area (Å²) in [5.41, 5.74) is -0.0109. The predicted molar refractivity (Wildman–Crippen MR) is 71.8 cm³/mol. The number of nitrogens with zero attached hydrogens (tertiary/aromatic N) is 1. The van der Waals surface area contributed by atoms with Gasteiger partial charge in [0.05, 0.1) is 20.8 Å². The number of allylic oxidation sites excluding steroid dienone is 1. The quantitative estimate of drug-likeness (QED) is 0.432. The topological polar surface area (TPSA) is 74.7 Å². The number of carbonyl (C=O) groups excluding carboxylic acids is 2. The second-order valence-corrected chi connectivity index (χ2v) is 3.84. The lowest BCUT2D eigenvalue weighted by Crippen LogP contribution is -2.11. The van der Waals surface area contributed by atoms with Crippen molar-refractivity contribution in [3.8, 4) is 5.75 Å². The minimum atomic E-state index is -0.647. The molecule has 0 aliphatic heterocycles. The number of pyridine rings is 1. The molecule has 1 aromatic rings. The maximum absolute atomic E-state index is 11.5. The van der Waals surface area contributed by atoms with Gasteiger partial charge in [-0.15, -0.1) is 6.58 Å². The lowest BCUT2D eigenvalue weighted by Gasteiger charge is -2.08. The fraction of sp³-hybridized carbons (Fsp3) is 0.357. The highest BCUT2D eigenvalue weighted by Gasteiger charge is 2.16. The third kappa shape index (κ3) is 4.38. The first-order valence-corrected chi connectivity index (χ1v) is 6.04. The Labute approximate surface area is 117 Å². The lowest BCUT2D eigenvalue weighted by atomic mass is 10.2. The Morgan fingerprint density at radius 3 is 2.20 bits per heavy atom. The van der Waals surface area contributed by atoms with Gasteiger partial charge >= 0.3 is 11.9 Å². The third-order valence-corrected chi connectivity index (χ3v) is 2.41. The average Bonchev–Trinajstić information content (AvgIpc) is 2.49. The first-order valence-electron chi connectivity index (χ1n) is 6.04. The molecule has 20 heavy (non-hydrogen) atoms. The van der Waals surface area contributed by atoms with Gasteiger partial charge in [-0.3, -0.25) is 0 Å². The van der Waals surface area contributed by atoms with Crippen molar-refractivity contribution in [2.24, 2.45) is 0 Å². The van der Waals surface area contributed by atoms with E-state index in [2.05, 4.69) is 21.0 Å². The van der Waals surface area contributed by atoms with Crippen LogP contribution < -0.4 is 4.74 Å². The minimum absolute atomic E-state index is 0.00544. The highest BCUT2D eigenvalue weighted by atomic mass is 16.5. The summed E-state index contributed by atoms with van der Waals surface area (Å²) in [4.78, 5) is 26.9. The molecule has 0 N–H and O–H groups in total. The van der Waals surface area contributed by atoms with E-state index in [1.165, 1.54) is 26.4 Å². The van der Waals surface area contributed by atoms with Crippen molar-refractivity contribution in [1.82, 2.24) is 4.98 Å². The number of aromatic nitrogens is 1. The van der Waals surface area contributed by atoms with Crippen LogP contribution in [0.5, 0.6) is 5.75 Å². The molecule has 6 nitrogen and oxygen atoms in total. The van der Waals surface area contributed by atoms with Crippen LogP contribution in [0.15, 0.2) is 24.8 Å². The molecule has 0 saturated carbocycles. The predicted octanol–water partition coefficient (Wildman–Crippen LogP) is 2.00. The highest BCUT2D eigenvalue weighted by Crippen LogP contribution is 2.16. The standard InChI is InChI=1S/C14H17NO5/c1-4-5-6-7-20-10-8-11(13(16)18-2)15-12(9-10)14(17)19-3/h4,8-9H,1,5-7H2,2-3H3. The van der Waals surface area contributed by atoms with Crippen LogP contribution in [0.1, 0.15) is 33.8 Å². The van der Waals surface area contributed by atoms with Gasteiger partial charge in [0, 0.05) is 12.1 Å². The second kappa shape index (κ2) is 7.93. The number of methoxy groups -OCH3 is 2. The van der Waals surface area contributed by atoms with Crippen molar-refractivity contribution in [1.29, 1.82) is 0 Å². The number of hydrogen-bond donors (Lipinski definition) is 0. The average molecular weight is 279 g/mol. The van der Waals surface area contributed by atoms with Crippen LogP contribution in [0.25, 0.3) is 0 Å². The van der Waals surface area contributed by atoms with Gasteiger partial charge in [-0.05, 0) is 12.8 Å². The number of ether oxygens (including phenoxy) is 3. The zero-order valence-electron chi connectivity index (χ0n) is 11.5. The fourth-order valence-electron chi connectivity index (χ4n) is 1.42. The first-order chi connectivity index (χ1) is 9.62. The van der Waals surface area contributed by atoms with E-state index < -0.39 is 11.9 Å². The zero-order chi connectivity index (χ0) is 15.0. The van der Waals surface area contributed by atoms with Crippen molar-refractivity contribution >= 4 is 11.9 Å². The van der Waals surface area contributed by atoms with Gasteiger partial charge in [0.1, 0.15) is 5.75 Å². The van der Waals surface area contributed by atoms with Crippen molar-refractivity contribution in [3.05, 3.63) is 36.2 Å². The largest absolute Gasteiger partial charge is 0.493 e. The van der Waals surface area contributed by atoms with E-state index in [1.54, 1.807) is 6.08 Å². The minimum Gasteiger partial charge on any atom is -0.493 e. The SMILES string of the molecule is C=CCCCOc1cc(C(=O)OC)nc(C(=O)OC)c1. The number of esters is 2. The van der Waals surface area contributed by atoms with Gasteiger partial charge in [-0.25, -0.2) is 14.6 Å². The zero-order valence-corrected chi connectivity index (χ0v) is 11.5. The number of hydrogen-bond acceptors (Lipinski definition) is 6. The number of carbonyl (C=O) groups is 2. The van der Waals surface area contributed by atoms with Crippen molar-refractivity contribution < 1.29 is 23.8 Å². The maximum Gasteiger partial charge on any atom is 0.356 e. The van der Waals surface area contributed by atoms with Crippen molar-refractivity contribution in [2.45, 2.75) is 12.8 Å². The molecular weight excluding hydrogens is 262 g/mol. The molecule has 0 bridgehead atoms. The van der Waals surface area contributed by atoms with Crippen LogP contribution in [-0.2, 0) is 9.47 Å². The van der Waals surface area contributed by atoms with E-state index in [-0.39, 0.29) is 11.4 Å². The molecule has 1 rings (SSSR count). The first kappa shape index (κ1) is 15.7. The summed E-state index contributed by atoms with van der Waals surface area (Å²) in [5, 5.41) is 0. The van der Waals surface area contributed by atoms with Gasteiger partial charge < -0.3 is 14.2 Å². The Balaban J connectivity index is 2.94. The Bertz CT molecular complexity index is 464. The summed E-state index contributed by atoms with van der Waals surface area (Å²) in [7, 11) is 2.47. The van der Waals surface area contributed by atoms with Crippen LogP contribution in [0.2, 0.25) is 0 Å². The van der Waals surface area contributed by atoms with Gasteiger partial charge in [-0.1, -0.05) is 6.08 Å². The van der Waals surface area contributed by atoms with Crippen LogP contribution in [0.3, 0.4) is 0 Å². The van der Waals surface area contributed by atoms with E-state index in [0.717, 1.165) is 12.8 Å². The molecular formula is C14H17NO5. The van der Waals surface area contributed by atoms with Crippen LogP contribution in [0, 0.1) is 0 Å². The van der Waals surface area contributed by atoms with Gasteiger partial charge in [0.15, 0.2) is 11.4 Å². The molecule has 0 amide bonds. The Morgan fingerprint density at radius 2 is 1.75 bits per heavy atom. The normalized spacial score (nSPS) is 9.70. The molecule has 0 fully saturated rings. The van der Waals surface area contributed by atoms with E-state index in [4.69, 9.17) is 4.74 Å². The Hall–Kier alpha value is -2.37. The number of unbranched alkanes of at least 4 members (excludes halogenated alkanes) is 1. The summed E-state index contributed by atoms with van der Waals surface area (Å²) in [6.45, 7) is 4.06. The molecule has 0 aromatic carbocycles. The van der Waals surface area contributed by atoms with Crippen LogP contribution >= 0.6 is 0 Å². The van der Waals surface area contributed by atoms with Crippen LogP contribution in [-0.4, -0.2) is 37.7 Å². The van der Waals surface area contributed by atoms with Crippen molar-refractivity contribution in [3.63, 3.8) is 0 Å². The third-order valence-electron chi connectivity index (χ3n) is 2.41. The molecule has 0 aliphatic carbocycles. The Morgan fingerprint density at radius 1 is 1.20 bits per heavy atom. The summed E-state index contributed by atoms with van der Waals surface area (Å²) >= 11 is 0. The Kier molecular flexibility index (Phi) is 6.22. The molecule has 0 saturated heterocycles. The molecule has 0 radical (unpaired) electrons. The maximum atomic E-state index is 11.5. The van der Waals surface area contributed by atoms with E-state index in [1.807, 2.05) is 0 Å². The summed E-state index contributed by atoms with van der Waals surface area (Å²) in [6, 6.07) is 2.85. The number of rotatable bonds is 7. The summed E-state index contributed by atoms with van der Waals surface area (Å²) in [6.07, 6.45) is 3.39. The molecule has 108 valence electrons.